The highest BCUT2D eigenvalue weighted by molar-refractivity contribution is 7.98. The molecule has 1 aromatic heterocycles. The number of halogens is 4. The minimum Gasteiger partial charge on any atom is -0.267 e. The number of aryl methyl sites for hydroxylation is 1. The fraction of sp³-hybridized carbons (Fsp3) is 0.167. The number of thioether (sulfide) groups is 1. The summed E-state index contributed by atoms with van der Waals surface area (Å²) in [6.45, 7) is 0. The summed E-state index contributed by atoms with van der Waals surface area (Å²) in [6.07, 6.45) is -2.69. The molecule has 0 saturated carbocycles. The van der Waals surface area contributed by atoms with Crippen LogP contribution in [0.4, 0.5) is 17.6 Å². The number of hydrogen-bond acceptors (Lipinski definition) is 2. The van der Waals surface area contributed by atoms with Crippen molar-refractivity contribution in [2.24, 2.45) is 7.05 Å². The second-order valence-corrected chi connectivity index (χ2v) is 6.31. The lowest BCUT2D eigenvalue weighted by atomic mass is 9.98. The van der Waals surface area contributed by atoms with Crippen molar-refractivity contribution in [3.8, 4) is 22.4 Å². The zero-order valence-electron chi connectivity index (χ0n) is 13.4. The Morgan fingerprint density at radius 1 is 0.920 bits per heavy atom. The van der Waals surface area contributed by atoms with E-state index in [9.17, 15) is 17.6 Å². The Hall–Kier alpha value is -2.28. The molecule has 130 valence electrons. The maximum Gasteiger partial charge on any atom is 0.435 e. The van der Waals surface area contributed by atoms with E-state index in [2.05, 4.69) is 5.10 Å². The zero-order chi connectivity index (χ0) is 18.2. The van der Waals surface area contributed by atoms with E-state index in [1.54, 1.807) is 23.9 Å². The van der Waals surface area contributed by atoms with Crippen molar-refractivity contribution in [3.05, 3.63) is 60.0 Å². The maximum atomic E-state index is 13.5. The molecule has 0 spiro atoms. The van der Waals surface area contributed by atoms with Gasteiger partial charge in [-0.15, -0.1) is 11.8 Å². The third-order valence-electron chi connectivity index (χ3n) is 3.81. The molecule has 3 aromatic rings. The molecule has 0 atom stereocenters. The van der Waals surface area contributed by atoms with E-state index in [1.165, 1.54) is 23.9 Å². The Bertz CT molecular complexity index is 881. The molecule has 1 heterocycles. The molecular weight excluding hydrogens is 352 g/mol. The summed E-state index contributed by atoms with van der Waals surface area (Å²) in [7, 11) is 1.47. The average Bonchev–Trinajstić information content (AvgIpc) is 2.93. The summed E-state index contributed by atoms with van der Waals surface area (Å²) in [5.41, 5.74) is 0.192. The minimum absolute atomic E-state index is 0.0492. The first-order chi connectivity index (χ1) is 11.8. The highest BCUT2D eigenvalue weighted by atomic mass is 32.2. The highest BCUT2D eigenvalue weighted by Crippen LogP contribution is 2.42. The molecule has 7 heteroatoms. The smallest absolute Gasteiger partial charge is 0.267 e. The van der Waals surface area contributed by atoms with E-state index < -0.39 is 17.7 Å². The van der Waals surface area contributed by atoms with E-state index in [-0.39, 0.29) is 11.1 Å². The molecule has 0 aliphatic carbocycles. The normalized spacial score (nSPS) is 11.8. The first kappa shape index (κ1) is 17.5. The summed E-state index contributed by atoms with van der Waals surface area (Å²) >= 11 is 1.54. The number of rotatable bonds is 3. The van der Waals surface area contributed by atoms with Crippen LogP contribution in [0, 0.1) is 5.82 Å². The molecule has 3 rings (SSSR count). The SMILES string of the molecule is CSc1ccc(-c2c(-c3ccc(F)cc3)c(C(F)(F)F)nn2C)cc1. The lowest BCUT2D eigenvalue weighted by Crippen LogP contribution is -2.08. The summed E-state index contributed by atoms with van der Waals surface area (Å²) in [6, 6.07) is 12.2. The Morgan fingerprint density at radius 3 is 2.00 bits per heavy atom. The Labute approximate surface area is 146 Å². The van der Waals surface area contributed by atoms with Crippen molar-refractivity contribution in [2.45, 2.75) is 11.1 Å². The zero-order valence-corrected chi connectivity index (χ0v) is 14.2. The van der Waals surface area contributed by atoms with E-state index in [0.717, 1.165) is 17.0 Å². The Balaban J connectivity index is 2.26. The minimum atomic E-state index is -4.61. The Morgan fingerprint density at radius 2 is 1.48 bits per heavy atom. The molecule has 0 fully saturated rings. The number of aromatic nitrogens is 2. The van der Waals surface area contributed by atoms with Crippen molar-refractivity contribution in [1.29, 1.82) is 0 Å². The van der Waals surface area contributed by atoms with Crippen molar-refractivity contribution in [1.82, 2.24) is 9.78 Å². The van der Waals surface area contributed by atoms with Crippen LogP contribution in [-0.4, -0.2) is 16.0 Å². The number of alkyl halides is 3. The van der Waals surface area contributed by atoms with Gasteiger partial charge in [0, 0.05) is 23.1 Å². The molecule has 0 aliphatic heterocycles. The van der Waals surface area contributed by atoms with Crippen molar-refractivity contribution >= 4 is 11.8 Å². The third kappa shape index (κ3) is 3.42. The van der Waals surface area contributed by atoms with Gasteiger partial charge in [-0.3, -0.25) is 4.68 Å². The van der Waals surface area contributed by atoms with E-state index in [1.807, 2.05) is 18.4 Å². The van der Waals surface area contributed by atoms with Gasteiger partial charge in [-0.1, -0.05) is 24.3 Å². The lowest BCUT2D eigenvalue weighted by Gasteiger charge is -2.10. The van der Waals surface area contributed by atoms with Crippen molar-refractivity contribution < 1.29 is 17.6 Å². The number of benzene rings is 2. The summed E-state index contributed by atoms with van der Waals surface area (Å²) < 4.78 is 54.9. The molecule has 0 aliphatic rings. The monoisotopic (exact) mass is 366 g/mol. The van der Waals surface area contributed by atoms with Crippen LogP contribution in [0.1, 0.15) is 5.69 Å². The number of nitrogens with zero attached hydrogens (tertiary/aromatic N) is 2. The van der Waals surface area contributed by atoms with Crippen LogP contribution in [0.2, 0.25) is 0 Å². The molecule has 2 aromatic carbocycles. The van der Waals surface area contributed by atoms with Crippen molar-refractivity contribution in [2.75, 3.05) is 6.26 Å². The van der Waals surface area contributed by atoms with Gasteiger partial charge in [-0.05, 0) is 36.1 Å². The molecule has 0 radical (unpaired) electrons. The van der Waals surface area contributed by atoms with Gasteiger partial charge in [-0.25, -0.2) is 4.39 Å². The van der Waals surface area contributed by atoms with Crippen LogP contribution in [0.5, 0.6) is 0 Å². The largest absolute Gasteiger partial charge is 0.435 e. The fourth-order valence-corrected chi connectivity index (χ4v) is 3.10. The molecule has 25 heavy (non-hydrogen) atoms. The summed E-state index contributed by atoms with van der Waals surface area (Å²) in [5.74, 6) is -0.507. The Kier molecular flexibility index (Phi) is 4.60. The van der Waals surface area contributed by atoms with Gasteiger partial charge in [0.15, 0.2) is 5.69 Å². The van der Waals surface area contributed by atoms with Crippen LogP contribution in [0.25, 0.3) is 22.4 Å². The molecule has 0 bridgehead atoms. The van der Waals surface area contributed by atoms with Crippen LogP contribution < -0.4 is 0 Å². The predicted molar refractivity (Wildman–Crippen MR) is 90.8 cm³/mol. The maximum absolute atomic E-state index is 13.5. The third-order valence-corrected chi connectivity index (χ3v) is 4.56. The molecule has 0 saturated heterocycles. The first-order valence-corrected chi connectivity index (χ1v) is 8.58. The molecular formula is C18H14F4N2S. The topological polar surface area (TPSA) is 17.8 Å². The number of hydrogen-bond donors (Lipinski definition) is 0. The lowest BCUT2D eigenvalue weighted by molar-refractivity contribution is -0.140. The van der Waals surface area contributed by atoms with Crippen LogP contribution in [0.15, 0.2) is 53.4 Å². The second kappa shape index (κ2) is 6.55. The highest BCUT2D eigenvalue weighted by Gasteiger charge is 2.39. The molecule has 0 unspecified atom stereocenters. The quantitative estimate of drug-likeness (QED) is 0.441. The van der Waals surface area contributed by atoms with Gasteiger partial charge in [-0.2, -0.15) is 18.3 Å². The van der Waals surface area contributed by atoms with Gasteiger partial charge in [0.25, 0.3) is 0 Å². The molecule has 0 N–H and O–H groups in total. The first-order valence-electron chi connectivity index (χ1n) is 7.36. The molecule has 2 nitrogen and oxygen atoms in total. The van der Waals surface area contributed by atoms with Gasteiger partial charge in [0.05, 0.1) is 5.69 Å². The van der Waals surface area contributed by atoms with Gasteiger partial charge in [0.2, 0.25) is 0 Å². The second-order valence-electron chi connectivity index (χ2n) is 5.43. The van der Waals surface area contributed by atoms with Crippen LogP contribution >= 0.6 is 11.8 Å². The van der Waals surface area contributed by atoms with Gasteiger partial charge >= 0.3 is 6.18 Å². The van der Waals surface area contributed by atoms with Crippen molar-refractivity contribution in [3.63, 3.8) is 0 Å². The molecule has 0 amide bonds. The summed E-state index contributed by atoms with van der Waals surface area (Å²) in [4.78, 5) is 1.00. The standard InChI is InChI=1S/C18H14F4N2S/c1-24-16(12-5-9-14(25-2)10-6-12)15(17(23-24)18(20,21)22)11-3-7-13(19)8-4-11/h3-10H,1-2H3. The summed E-state index contributed by atoms with van der Waals surface area (Å²) in [5, 5.41) is 3.69. The van der Waals surface area contributed by atoms with Crippen LogP contribution in [-0.2, 0) is 13.2 Å². The van der Waals surface area contributed by atoms with Gasteiger partial charge in [0.1, 0.15) is 5.82 Å². The van der Waals surface area contributed by atoms with Gasteiger partial charge < -0.3 is 0 Å². The fourth-order valence-electron chi connectivity index (χ4n) is 2.69. The average molecular weight is 366 g/mol. The van der Waals surface area contributed by atoms with Crippen LogP contribution in [0.3, 0.4) is 0 Å². The van der Waals surface area contributed by atoms with E-state index in [4.69, 9.17) is 0 Å². The van der Waals surface area contributed by atoms with E-state index in [0.29, 0.717) is 11.3 Å². The predicted octanol–water partition coefficient (Wildman–Crippen LogP) is 5.63. The van der Waals surface area contributed by atoms with E-state index >= 15 is 0 Å².